The summed E-state index contributed by atoms with van der Waals surface area (Å²) >= 11 is 0. The van der Waals surface area contributed by atoms with Gasteiger partial charge in [0.2, 0.25) is 0 Å². The molecule has 0 saturated heterocycles. The summed E-state index contributed by atoms with van der Waals surface area (Å²) in [6.45, 7) is 5.08. The first-order chi connectivity index (χ1) is 12.2. The largest absolute Gasteiger partial charge is 0.494 e. The van der Waals surface area contributed by atoms with E-state index in [1.165, 1.54) is 11.1 Å². The van der Waals surface area contributed by atoms with Crippen LogP contribution in [-0.4, -0.2) is 6.61 Å². The van der Waals surface area contributed by atoms with E-state index in [1.54, 1.807) is 6.07 Å². The van der Waals surface area contributed by atoms with Crippen molar-refractivity contribution in [2.24, 2.45) is 0 Å². The molecule has 2 aromatic carbocycles. The SMILES string of the molecule is CCCCOc1ccc2c(c1)CCC(c1ccc(CCC)cc1F)C2. The van der Waals surface area contributed by atoms with Crippen molar-refractivity contribution in [1.82, 2.24) is 0 Å². The Balaban J connectivity index is 1.71. The molecule has 0 amide bonds. The predicted molar refractivity (Wildman–Crippen MR) is 102 cm³/mol. The van der Waals surface area contributed by atoms with Gasteiger partial charge in [-0.1, -0.05) is 44.9 Å². The molecule has 1 nitrogen and oxygen atoms in total. The van der Waals surface area contributed by atoms with Crippen molar-refractivity contribution in [2.45, 2.75) is 64.7 Å². The molecule has 0 spiro atoms. The maximum Gasteiger partial charge on any atom is 0.126 e. The number of benzene rings is 2. The van der Waals surface area contributed by atoms with Crippen molar-refractivity contribution in [1.29, 1.82) is 0 Å². The molecule has 1 aliphatic rings. The van der Waals surface area contributed by atoms with Gasteiger partial charge in [-0.15, -0.1) is 0 Å². The highest BCUT2D eigenvalue weighted by Crippen LogP contribution is 2.35. The average molecular weight is 340 g/mol. The molecule has 25 heavy (non-hydrogen) atoms. The smallest absolute Gasteiger partial charge is 0.126 e. The first kappa shape index (κ1) is 18.0. The maximum absolute atomic E-state index is 14.6. The summed E-state index contributed by atoms with van der Waals surface area (Å²) in [5, 5.41) is 0. The van der Waals surface area contributed by atoms with Crippen molar-refractivity contribution < 1.29 is 9.13 Å². The summed E-state index contributed by atoms with van der Waals surface area (Å²) in [6, 6.07) is 12.3. The molecule has 1 atom stereocenters. The Morgan fingerprint density at radius 3 is 2.68 bits per heavy atom. The highest BCUT2D eigenvalue weighted by Gasteiger charge is 2.23. The molecule has 1 unspecified atom stereocenters. The molecular formula is C23H29FO. The van der Waals surface area contributed by atoms with Gasteiger partial charge < -0.3 is 4.74 Å². The summed E-state index contributed by atoms with van der Waals surface area (Å²) in [4.78, 5) is 0. The second-order valence-electron chi connectivity index (χ2n) is 7.18. The Kier molecular flexibility index (Phi) is 6.12. The van der Waals surface area contributed by atoms with E-state index >= 15 is 0 Å². The van der Waals surface area contributed by atoms with Crippen LogP contribution < -0.4 is 4.74 Å². The summed E-state index contributed by atoms with van der Waals surface area (Å²) in [5.41, 5.74) is 4.70. The average Bonchev–Trinajstić information content (AvgIpc) is 2.62. The number of unbranched alkanes of at least 4 members (excludes halogenated alkanes) is 1. The lowest BCUT2D eigenvalue weighted by Crippen LogP contribution is -2.14. The van der Waals surface area contributed by atoms with E-state index in [0.717, 1.165) is 68.4 Å². The van der Waals surface area contributed by atoms with Gasteiger partial charge in [0.25, 0.3) is 0 Å². The molecule has 3 rings (SSSR count). The van der Waals surface area contributed by atoms with Crippen molar-refractivity contribution in [2.75, 3.05) is 6.61 Å². The van der Waals surface area contributed by atoms with Gasteiger partial charge in [-0.2, -0.15) is 0 Å². The van der Waals surface area contributed by atoms with Crippen LogP contribution in [0.5, 0.6) is 5.75 Å². The highest BCUT2D eigenvalue weighted by molar-refractivity contribution is 5.40. The molecule has 0 N–H and O–H groups in total. The lowest BCUT2D eigenvalue weighted by molar-refractivity contribution is 0.308. The quantitative estimate of drug-likeness (QED) is 0.543. The molecule has 1 aliphatic carbocycles. The molecule has 2 aromatic rings. The Morgan fingerprint density at radius 2 is 1.92 bits per heavy atom. The van der Waals surface area contributed by atoms with Crippen LogP contribution in [0.4, 0.5) is 4.39 Å². The van der Waals surface area contributed by atoms with E-state index in [-0.39, 0.29) is 11.7 Å². The summed E-state index contributed by atoms with van der Waals surface area (Å²) in [7, 11) is 0. The molecule has 0 bridgehead atoms. The lowest BCUT2D eigenvalue weighted by atomic mass is 9.79. The second-order valence-corrected chi connectivity index (χ2v) is 7.18. The van der Waals surface area contributed by atoms with Crippen LogP contribution in [0.25, 0.3) is 0 Å². The van der Waals surface area contributed by atoms with Crippen molar-refractivity contribution in [3.63, 3.8) is 0 Å². The zero-order valence-electron chi connectivity index (χ0n) is 15.5. The third kappa shape index (κ3) is 4.42. The minimum Gasteiger partial charge on any atom is -0.494 e. The summed E-state index contributed by atoms with van der Waals surface area (Å²) in [6.07, 6.45) is 7.18. The van der Waals surface area contributed by atoms with Crippen molar-refractivity contribution >= 4 is 0 Å². The van der Waals surface area contributed by atoms with E-state index < -0.39 is 0 Å². The Hall–Kier alpha value is -1.83. The van der Waals surface area contributed by atoms with Gasteiger partial charge in [-0.25, -0.2) is 4.39 Å². The zero-order chi connectivity index (χ0) is 17.6. The number of hydrogen-bond acceptors (Lipinski definition) is 1. The van der Waals surface area contributed by atoms with Crippen LogP contribution >= 0.6 is 0 Å². The fourth-order valence-electron chi connectivity index (χ4n) is 3.77. The standard InChI is InChI=1S/C23H29FO/c1-3-5-13-25-21-11-10-18-15-20(9-8-19(18)16-21)22-12-7-17(6-4-2)14-23(22)24/h7,10-12,14,16,20H,3-6,8-9,13,15H2,1-2H3. The van der Waals surface area contributed by atoms with Crippen LogP contribution in [0.2, 0.25) is 0 Å². The van der Waals surface area contributed by atoms with Crippen LogP contribution in [0.3, 0.4) is 0 Å². The zero-order valence-corrected chi connectivity index (χ0v) is 15.5. The lowest BCUT2D eigenvalue weighted by Gasteiger charge is -2.26. The highest BCUT2D eigenvalue weighted by atomic mass is 19.1. The Labute approximate surface area is 151 Å². The van der Waals surface area contributed by atoms with E-state index in [0.29, 0.717) is 0 Å². The molecular weight excluding hydrogens is 311 g/mol. The topological polar surface area (TPSA) is 9.23 Å². The molecule has 0 saturated carbocycles. The van der Waals surface area contributed by atoms with Gasteiger partial charge in [-0.3, -0.25) is 0 Å². The van der Waals surface area contributed by atoms with Crippen LogP contribution in [-0.2, 0) is 19.3 Å². The van der Waals surface area contributed by atoms with Crippen LogP contribution in [0.1, 0.15) is 67.7 Å². The maximum atomic E-state index is 14.6. The van der Waals surface area contributed by atoms with Gasteiger partial charge in [-0.05, 0) is 78.5 Å². The Morgan fingerprint density at radius 1 is 1.04 bits per heavy atom. The Bertz CT molecular complexity index is 707. The van der Waals surface area contributed by atoms with Gasteiger partial charge in [0, 0.05) is 0 Å². The minimum atomic E-state index is -0.0288. The first-order valence-corrected chi connectivity index (χ1v) is 9.74. The minimum absolute atomic E-state index is 0.0288. The number of fused-ring (bicyclic) bond motifs is 1. The number of rotatable bonds is 7. The van der Waals surface area contributed by atoms with E-state index in [4.69, 9.17) is 4.74 Å². The predicted octanol–water partition coefficient (Wildman–Crippen LogP) is 6.23. The molecule has 0 heterocycles. The molecule has 2 heteroatoms. The molecule has 0 aliphatic heterocycles. The normalized spacial score (nSPS) is 16.5. The van der Waals surface area contributed by atoms with Crippen molar-refractivity contribution in [3.05, 3.63) is 64.5 Å². The molecule has 134 valence electrons. The summed E-state index contributed by atoms with van der Waals surface area (Å²) in [5.74, 6) is 1.23. The fraction of sp³-hybridized carbons (Fsp3) is 0.478. The molecule has 0 fully saturated rings. The number of aryl methyl sites for hydroxylation is 2. The third-order valence-corrected chi connectivity index (χ3v) is 5.22. The first-order valence-electron chi connectivity index (χ1n) is 9.74. The van der Waals surface area contributed by atoms with Crippen molar-refractivity contribution in [3.8, 4) is 5.75 Å². The van der Waals surface area contributed by atoms with E-state index in [1.807, 2.05) is 6.07 Å². The second kappa shape index (κ2) is 8.51. The monoisotopic (exact) mass is 340 g/mol. The van der Waals surface area contributed by atoms with Gasteiger partial charge in [0.05, 0.1) is 6.61 Å². The fourth-order valence-corrected chi connectivity index (χ4v) is 3.77. The van der Waals surface area contributed by atoms with Gasteiger partial charge in [0.1, 0.15) is 11.6 Å². The number of ether oxygens (including phenoxy) is 1. The number of hydrogen-bond donors (Lipinski definition) is 0. The van der Waals surface area contributed by atoms with E-state index in [9.17, 15) is 4.39 Å². The van der Waals surface area contributed by atoms with Crippen LogP contribution in [0.15, 0.2) is 36.4 Å². The van der Waals surface area contributed by atoms with Gasteiger partial charge >= 0.3 is 0 Å². The molecule has 0 aromatic heterocycles. The third-order valence-electron chi connectivity index (χ3n) is 5.22. The molecule has 0 radical (unpaired) electrons. The van der Waals surface area contributed by atoms with Crippen LogP contribution in [0, 0.1) is 5.82 Å². The number of halogens is 1. The van der Waals surface area contributed by atoms with E-state index in [2.05, 4.69) is 38.1 Å². The van der Waals surface area contributed by atoms with Gasteiger partial charge in [0.15, 0.2) is 0 Å². The summed E-state index contributed by atoms with van der Waals surface area (Å²) < 4.78 is 20.4.